The summed E-state index contributed by atoms with van der Waals surface area (Å²) in [6, 6.07) is 42.8. The fourth-order valence-electron chi connectivity index (χ4n) is 6.95. The molecule has 258 valence electrons. The second-order valence-corrected chi connectivity index (χ2v) is 12.7. The lowest BCUT2D eigenvalue weighted by molar-refractivity contribution is -0.250. The summed E-state index contributed by atoms with van der Waals surface area (Å²) in [5, 5.41) is 0.324. The minimum Gasteiger partial charge on any atom is -0.495 e. The Kier molecular flexibility index (Phi) is 9.64. The maximum Gasteiger partial charge on any atom is 0.197 e. The van der Waals surface area contributed by atoms with Crippen LogP contribution >= 0.6 is 0 Å². The van der Waals surface area contributed by atoms with Gasteiger partial charge >= 0.3 is 0 Å². The van der Waals surface area contributed by atoms with Gasteiger partial charge in [-0.05, 0) is 16.7 Å². The fraction of sp³-hybridized carbons (Fsp3) is 0.233. The van der Waals surface area contributed by atoms with Crippen molar-refractivity contribution in [2.75, 3.05) is 13.7 Å². The van der Waals surface area contributed by atoms with Crippen molar-refractivity contribution in [1.29, 1.82) is 0 Å². The maximum atomic E-state index is 13.8. The number of rotatable bonds is 12. The quantitative estimate of drug-likeness (QED) is 0.128. The van der Waals surface area contributed by atoms with Crippen LogP contribution in [0.1, 0.15) is 28.4 Å². The molecule has 6 aromatic rings. The van der Waals surface area contributed by atoms with E-state index in [4.69, 9.17) is 32.8 Å². The van der Waals surface area contributed by atoms with Crippen molar-refractivity contribution < 1.29 is 32.8 Å². The second kappa shape index (κ2) is 14.9. The van der Waals surface area contributed by atoms with Crippen LogP contribution in [0.25, 0.3) is 22.3 Å². The summed E-state index contributed by atoms with van der Waals surface area (Å²) in [5.41, 5.74) is 4.65. The molecule has 8 heteroatoms. The van der Waals surface area contributed by atoms with Crippen LogP contribution in [0, 0.1) is 0 Å². The van der Waals surface area contributed by atoms with E-state index in [-0.39, 0.29) is 12.0 Å². The molecule has 5 atom stereocenters. The molecule has 2 aliphatic rings. The van der Waals surface area contributed by atoms with Crippen LogP contribution in [0.2, 0.25) is 0 Å². The van der Waals surface area contributed by atoms with Gasteiger partial charge in [0, 0.05) is 17.7 Å². The zero-order chi connectivity index (χ0) is 34.6. The van der Waals surface area contributed by atoms with Gasteiger partial charge in [-0.25, -0.2) is 0 Å². The van der Waals surface area contributed by atoms with E-state index in [9.17, 15) is 4.79 Å². The molecule has 2 aliphatic heterocycles. The highest BCUT2D eigenvalue weighted by molar-refractivity contribution is 5.89. The van der Waals surface area contributed by atoms with Gasteiger partial charge in [0.25, 0.3) is 0 Å². The van der Waals surface area contributed by atoms with Crippen molar-refractivity contribution >= 4 is 11.0 Å². The predicted octanol–water partition coefficient (Wildman–Crippen LogP) is 8.06. The molecule has 1 saturated heterocycles. The molecule has 1 fully saturated rings. The van der Waals surface area contributed by atoms with E-state index in [2.05, 4.69) is 0 Å². The van der Waals surface area contributed by atoms with Crippen molar-refractivity contribution in [1.82, 2.24) is 0 Å². The standard InChI is InChI=1S/C43H38O8/c1-45-40-37-32(44)22-33(31-20-12-5-13-21-31)49-34(37)23-35-38(40)41-43(50-35)42(48-26-30-18-10-4-11-19-30)39(47-25-29-16-8-3-9-17-29)36(51-41)27-46-24-28-14-6-2-7-15-28/h2-23,36,39,41-43H,24-27H2,1H3/t36-,39+,41+,42+,43-/m1/s1. The summed E-state index contributed by atoms with van der Waals surface area (Å²) in [4.78, 5) is 13.8. The molecule has 0 N–H and O–H groups in total. The Balaban J connectivity index is 1.18. The molecule has 0 amide bonds. The number of methoxy groups -OCH3 is 1. The Morgan fingerprint density at radius 2 is 1.24 bits per heavy atom. The van der Waals surface area contributed by atoms with Gasteiger partial charge in [0.1, 0.15) is 52.6 Å². The Bertz CT molecular complexity index is 2120. The Labute approximate surface area is 296 Å². The molecular formula is C43H38O8. The van der Waals surface area contributed by atoms with E-state index < -0.39 is 30.5 Å². The molecule has 5 aromatic carbocycles. The summed E-state index contributed by atoms with van der Waals surface area (Å²) in [5.74, 6) is 1.32. The third-order valence-corrected chi connectivity index (χ3v) is 9.38. The number of hydrogen-bond donors (Lipinski definition) is 0. The van der Waals surface area contributed by atoms with Crippen LogP contribution in [0.15, 0.2) is 143 Å². The molecule has 0 aliphatic carbocycles. The first-order valence-electron chi connectivity index (χ1n) is 17.2. The number of hydrogen-bond acceptors (Lipinski definition) is 8. The average molecular weight is 683 g/mol. The number of fused-ring (bicyclic) bond motifs is 4. The zero-order valence-corrected chi connectivity index (χ0v) is 28.2. The summed E-state index contributed by atoms with van der Waals surface area (Å²) in [7, 11) is 1.55. The van der Waals surface area contributed by atoms with Crippen LogP contribution < -0.4 is 14.9 Å². The van der Waals surface area contributed by atoms with Gasteiger partial charge in [-0.3, -0.25) is 4.79 Å². The normalized spacial score (nSPS) is 20.8. The summed E-state index contributed by atoms with van der Waals surface area (Å²) >= 11 is 0. The van der Waals surface area contributed by atoms with Crippen LogP contribution in [0.3, 0.4) is 0 Å². The van der Waals surface area contributed by atoms with E-state index in [0.29, 0.717) is 53.6 Å². The average Bonchev–Trinajstić information content (AvgIpc) is 3.54. The first-order chi connectivity index (χ1) is 25.2. The molecule has 1 aromatic heterocycles. The number of ether oxygens (including phenoxy) is 6. The Morgan fingerprint density at radius 3 is 1.84 bits per heavy atom. The number of benzene rings is 5. The first-order valence-corrected chi connectivity index (χ1v) is 17.2. The Morgan fingerprint density at radius 1 is 0.667 bits per heavy atom. The van der Waals surface area contributed by atoms with Crippen LogP contribution in [-0.4, -0.2) is 38.1 Å². The van der Waals surface area contributed by atoms with Crippen LogP contribution in [0.4, 0.5) is 0 Å². The minimum atomic E-state index is -0.643. The third-order valence-electron chi connectivity index (χ3n) is 9.38. The first kappa shape index (κ1) is 32.9. The van der Waals surface area contributed by atoms with Gasteiger partial charge in [-0.1, -0.05) is 121 Å². The highest BCUT2D eigenvalue weighted by atomic mass is 16.6. The third kappa shape index (κ3) is 6.92. The summed E-state index contributed by atoms with van der Waals surface area (Å²) < 4.78 is 45.7. The van der Waals surface area contributed by atoms with E-state index in [1.165, 1.54) is 6.07 Å². The molecule has 0 bridgehead atoms. The highest BCUT2D eigenvalue weighted by Crippen LogP contribution is 2.52. The monoisotopic (exact) mass is 682 g/mol. The summed E-state index contributed by atoms with van der Waals surface area (Å²) in [6.45, 7) is 1.31. The Hall–Kier alpha value is -5.25. The predicted molar refractivity (Wildman–Crippen MR) is 193 cm³/mol. The summed E-state index contributed by atoms with van der Waals surface area (Å²) in [6.07, 6.45) is -2.96. The molecule has 0 spiro atoms. The van der Waals surface area contributed by atoms with Crippen LogP contribution in [0.5, 0.6) is 11.5 Å². The van der Waals surface area contributed by atoms with Crippen molar-refractivity contribution in [3.63, 3.8) is 0 Å². The topological polar surface area (TPSA) is 85.6 Å². The van der Waals surface area contributed by atoms with Gasteiger partial charge in [0.05, 0.1) is 39.1 Å². The molecule has 3 heterocycles. The molecule has 0 saturated carbocycles. The van der Waals surface area contributed by atoms with Crippen molar-refractivity contribution in [3.8, 4) is 22.8 Å². The molecule has 0 radical (unpaired) electrons. The zero-order valence-electron chi connectivity index (χ0n) is 28.2. The largest absolute Gasteiger partial charge is 0.495 e. The molecule has 0 unspecified atom stereocenters. The fourth-order valence-corrected chi connectivity index (χ4v) is 6.95. The van der Waals surface area contributed by atoms with Crippen molar-refractivity contribution in [2.24, 2.45) is 0 Å². The molecule has 51 heavy (non-hydrogen) atoms. The lowest BCUT2D eigenvalue weighted by Gasteiger charge is -2.43. The van der Waals surface area contributed by atoms with E-state index >= 15 is 0 Å². The van der Waals surface area contributed by atoms with E-state index in [1.54, 1.807) is 13.2 Å². The van der Waals surface area contributed by atoms with Crippen molar-refractivity contribution in [2.45, 2.75) is 50.3 Å². The lowest BCUT2D eigenvalue weighted by Crippen LogP contribution is -2.57. The van der Waals surface area contributed by atoms with E-state index in [1.807, 2.05) is 121 Å². The SMILES string of the molecule is COc1c2c(cc3oc(-c4ccccc4)cc(=O)c13)O[C@H]1[C@@H](OCc3ccccc3)[C@@H](OCc3ccccc3)[C@@H](COCc3ccccc3)O[C@@H]21. The van der Waals surface area contributed by atoms with Gasteiger partial charge < -0.3 is 32.8 Å². The van der Waals surface area contributed by atoms with Gasteiger partial charge in [-0.15, -0.1) is 0 Å². The van der Waals surface area contributed by atoms with Gasteiger partial charge in [-0.2, -0.15) is 0 Å². The van der Waals surface area contributed by atoms with Crippen molar-refractivity contribution in [3.05, 3.63) is 166 Å². The molecule has 8 rings (SSSR count). The molecule has 8 nitrogen and oxygen atoms in total. The van der Waals surface area contributed by atoms with Gasteiger partial charge in [0.15, 0.2) is 11.5 Å². The lowest BCUT2D eigenvalue weighted by atomic mass is 9.91. The maximum absolute atomic E-state index is 13.8. The minimum absolute atomic E-state index is 0.224. The van der Waals surface area contributed by atoms with Gasteiger partial charge in [0.2, 0.25) is 0 Å². The van der Waals surface area contributed by atoms with E-state index in [0.717, 1.165) is 22.3 Å². The molecular weight excluding hydrogens is 644 g/mol. The smallest absolute Gasteiger partial charge is 0.197 e. The second-order valence-electron chi connectivity index (χ2n) is 12.7. The van der Waals surface area contributed by atoms with Crippen LogP contribution in [-0.2, 0) is 38.8 Å². The highest BCUT2D eigenvalue weighted by Gasteiger charge is 2.54.